The lowest BCUT2D eigenvalue weighted by molar-refractivity contribution is 0.557. The Morgan fingerprint density at radius 3 is 1.44 bits per heavy atom. The first-order valence-corrected chi connectivity index (χ1v) is 5.60. The van der Waals surface area contributed by atoms with Gasteiger partial charge >= 0.3 is 0 Å². The smallest absolute Gasteiger partial charge is 0.123 e. The first-order chi connectivity index (χ1) is 8.58. The molecule has 2 aromatic carbocycles. The second-order valence-corrected chi connectivity index (χ2v) is 4.16. The maximum atomic E-state index is 13.1. The van der Waals surface area contributed by atoms with Gasteiger partial charge in [-0.25, -0.2) is 8.78 Å². The van der Waals surface area contributed by atoms with Crippen molar-refractivity contribution in [3.05, 3.63) is 71.3 Å². The highest BCUT2D eigenvalue weighted by Crippen LogP contribution is 2.25. The number of benzene rings is 2. The van der Waals surface area contributed by atoms with Gasteiger partial charge in [0.1, 0.15) is 11.6 Å². The van der Waals surface area contributed by atoms with Gasteiger partial charge in [-0.05, 0) is 35.4 Å². The maximum absolute atomic E-state index is 13.1. The average molecular weight is 248 g/mol. The lowest BCUT2D eigenvalue weighted by atomic mass is 9.95. The third-order valence-electron chi connectivity index (χ3n) is 2.85. The molecule has 0 aromatic heterocycles. The minimum Gasteiger partial charge on any atom is -0.322 e. The SMILES string of the molecule is NC(c1cccc(F)c1)C(N)c1cccc(F)c1. The van der Waals surface area contributed by atoms with E-state index in [1.807, 2.05) is 0 Å². The van der Waals surface area contributed by atoms with Gasteiger partial charge < -0.3 is 11.5 Å². The van der Waals surface area contributed by atoms with Crippen LogP contribution in [-0.4, -0.2) is 0 Å². The molecule has 0 bridgehead atoms. The molecule has 0 heterocycles. The van der Waals surface area contributed by atoms with Crippen LogP contribution in [0.25, 0.3) is 0 Å². The van der Waals surface area contributed by atoms with Crippen LogP contribution in [0.4, 0.5) is 8.78 Å². The van der Waals surface area contributed by atoms with Crippen LogP contribution < -0.4 is 11.5 Å². The molecule has 2 unspecified atom stereocenters. The largest absolute Gasteiger partial charge is 0.322 e. The molecule has 0 aliphatic heterocycles. The van der Waals surface area contributed by atoms with Crippen LogP contribution in [0.2, 0.25) is 0 Å². The van der Waals surface area contributed by atoms with Crippen molar-refractivity contribution < 1.29 is 8.78 Å². The Morgan fingerprint density at radius 1 is 0.722 bits per heavy atom. The summed E-state index contributed by atoms with van der Waals surface area (Å²) < 4.78 is 26.2. The fourth-order valence-corrected chi connectivity index (χ4v) is 1.84. The Bertz CT molecular complexity index is 493. The Morgan fingerprint density at radius 2 is 1.11 bits per heavy atom. The van der Waals surface area contributed by atoms with Gasteiger partial charge in [-0.1, -0.05) is 24.3 Å². The standard InChI is InChI=1S/C14H14F2N2/c15-11-5-1-3-9(7-11)13(17)14(18)10-4-2-6-12(16)8-10/h1-8,13-14H,17-18H2. The molecule has 0 saturated carbocycles. The first-order valence-electron chi connectivity index (χ1n) is 5.60. The zero-order chi connectivity index (χ0) is 13.1. The second-order valence-electron chi connectivity index (χ2n) is 4.16. The van der Waals surface area contributed by atoms with Gasteiger partial charge in [0.2, 0.25) is 0 Å². The quantitative estimate of drug-likeness (QED) is 0.877. The summed E-state index contributed by atoms with van der Waals surface area (Å²) in [7, 11) is 0. The molecule has 0 fully saturated rings. The Labute approximate surface area is 104 Å². The molecule has 4 heteroatoms. The third kappa shape index (κ3) is 2.72. The van der Waals surface area contributed by atoms with E-state index in [4.69, 9.17) is 11.5 Å². The van der Waals surface area contributed by atoms with Gasteiger partial charge in [0, 0.05) is 12.1 Å². The van der Waals surface area contributed by atoms with E-state index >= 15 is 0 Å². The summed E-state index contributed by atoms with van der Waals surface area (Å²) in [5.41, 5.74) is 13.1. The zero-order valence-electron chi connectivity index (χ0n) is 9.68. The molecule has 18 heavy (non-hydrogen) atoms. The van der Waals surface area contributed by atoms with Crippen molar-refractivity contribution in [1.29, 1.82) is 0 Å². The van der Waals surface area contributed by atoms with Crippen molar-refractivity contribution in [2.45, 2.75) is 12.1 Å². The summed E-state index contributed by atoms with van der Waals surface area (Å²) in [6.07, 6.45) is 0. The first kappa shape index (κ1) is 12.7. The molecule has 0 radical (unpaired) electrons. The van der Waals surface area contributed by atoms with Crippen LogP contribution in [0.5, 0.6) is 0 Å². The lowest BCUT2D eigenvalue weighted by Crippen LogP contribution is -2.26. The van der Waals surface area contributed by atoms with E-state index in [9.17, 15) is 8.78 Å². The van der Waals surface area contributed by atoms with Gasteiger partial charge in [0.25, 0.3) is 0 Å². The maximum Gasteiger partial charge on any atom is 0.123 e. The normalized spacial score (nSPS) is 14.2. The summed E-state index contributed by atoms with van der Waals surface area (Å²) in [5.74, 6) is -0.733. The number of nitrogens with two attached hydrogens (primary N) is 2. The molecule has 2 rings (SSSR count). The highest BCUT2D eigenvalue weighted by molar-refractivity contribution is 5.27. The fourth-order valence-electron chi connectivity index (χ4n) is 1.84. The highest BCUT2D eigenvalue weighted by Gasteiger charge is 2.18. The fraction of sp³-hybridized carbons (Fsp3) is 0.143. The molecular weight excluding hydrogens is 234 g/mol. The van der Waals surface area contributed by atoms with Crippen molar-refractivity contribution in [3.8, 4) is 0 Å². The van der Waals surface area contributed by atoms with Crippen LogP contribution >= 0.6 is 0 Å². The molecule has 0 amide bonds. The number of hydrogen-bond acceptors (Lipinski definition) is 2. The number of hydrogen-bond donors (Lipinski definition) is 2. The van der Waals surface area contributed by atoms with E-state index in [-0.39, 0.29) is 11.6 Å². The van der Waals surface area contributed by atoms with Gasteiger partial charge in [0.15, 0.2) is 0 Å². The summed E-state index contributed by atoms with van der Waals surface area (Å²) in [6.45, 7) is 0. The predicted octanol–water partition coefficient (Wildman–Crippen LogP) is 2.66. The van der Waals surface area contributed by atoms with Crippen LogP contribution in [0.3, 0.4) is 0 Å². The zero-order valence-corrected chi connectivity index (χ0v) is 9.68. The van der Waals surface area contributed by atoms with E-state index in [0.717, 1.165) is 0 Å². The second kappa shape index (κ2) is 5.25. The lowest BCUT2D eigenvalue weighted by Gasteiger charge is -2.20. The van der Waals surface area contributed by atoms with E-state index in [0.29, 0.717) is 11.1 Å². The van der Waals surface area contributed by atoms with E-state index in [1.165, 1.54) is 24.3 Å². The Balaban J connectivity index is 2.26. The molecule has 2 nitrogen and oxygen atoms in total. The van der Waals surface area contributed by atoms with Crippen molar-refractivity contribution in [3.63, 3.8) is 0 Å². The Hall–Kier alpha value is -1.78. The van der Waals surface area contributed by atoms with E-state index < -0.39 is 12.1 Å². The van der Waals surface area contributed by atoms with Crippen LogP contribution in [0.1, 0.15) is 23.2 Å². The van der Waals surface area contributed by atoms with Gasteiger partial charge in [0.05, 0.1) is 0 Å². The molecule has 0 aliphatic rings. The van der Waals surface area contributed by atoms with Crippen molar-refractivity contribution in [2.24, 2.45) is 11.5 Å². The molecule has 0 aliphatic carbocycles. The highest BCUT2D eigenvalue weighted by atomic mass is 19.1. The van der Waals surface area contributed by atoms with Crippen LogP contribution in [0.15, 0.2) is 48.5 Å². The summed E-state index contributed by atoms with van der Waals surface area (Å²) >= 11 is 0. The van der Waals surface area contributed by atoms with Crippen molar-refractivity contribution in [2.75, 3.05) is 0 Å². The molecule has 2 atom stereocenters. The summed E-state index contributed by atoms with van der Waals surface area (Å²) in [4.78, 5) is 0. The minimum absolute atomic E-state index is 0.366. The Kier molecular flexibility index (Phi) is 3.69. The monoisotopic (exact) mass is 248 g/mol. The molecule has 0 spiro atoms. The van der Waals surface area contributed by atoms with Crippen LogP contribution in [0, 0.1) is 11.6 Å². The summed E-state index contributed by atoms with van der Waals surface area (Å²) in [6, 6.07) is 10.7. The van der Waals surface area contributed by atoms with E-state index in [2.05, 4.69) is 0 Å². The van der Waals surface area contributed by atoms with Gasteiger partial charge in [-0.3, -0.25) is 0 Å². The van der Waals surface area contributed by atoms with Gasteiger partial charge in [-0.15, -0.1) is 0 Å². The summed E-state index contributed by atoms with van der Waals surface area (Å²) in [5, 5.41) is 0. The third-order valence-corrected chi connectivity index (χ3v) is 2.85. The molecule has 0 saturated heterocycles. The van der Waals surface area contributed by atoms with Crippen LogP contribution in [-0.2, 0) is 0 Å². The molecule has 94 valence electrons. The van der Waals surface area contributed by atoms with Crippen molar-refractivity contribution >= 4 is 0 Å². The number of halogens is 2. The molecule has 4 N–H and O–H groups in total. The minimum atomic E-state index is -0.581. The predicted molar refractivity (Wildman–Crippen MR) is 66.7 cm³/mol. The average Bonchev–Trinajstić information content (AvgIpc) is 2.37. The van der Waals surface area contributed by atoms with Gasteiger partial charge in [-0.2, -0.15) is 0 Å². The van der Waals surface area contributed by atoms with Crippen molar-refractivity contribution in [1.82, 2.24) is 0 Å². The van der Waals surface area contributed by atoms with E-state index in [1.54, 1.807) is 24.3 Å². The topological polar surface area (TPSA) is 52.0 Å². The molecular formula is C14H14F2N2. The molecule has 2 aromatic rings. The number of rotatable bonds is 3.